The molecule has 2 aromatic rings. The van der Waals surface area contributed by atoms with E-state index in [0.29, 0.717) is 16.7 Å². The van der Waals surface area contributed by atoms with Gasteiger partial charge in [-0.2, -0.15) is 0 Å². The maximum atomic E-state index is 6.21. The van der Waals surface area contributed by atoms with Gasteiger partial charge in [-0.15, -0.1) is 0 Å². The van der Waals surface area contributed by atoms with Gasteiger partial charge >= 0.3 is 0 Å². The number of fused-ring (bicyclic) bond motifs is 2. The van der Waals surface area contributed by atoms with E-state index in [2.05, 4.69) is 18.0 Å². The molecule has 1 saturated heterocycles. The van der Waals surface area contributed by atoms with Gasteiger partial charge in [-0.05, 0) is 51.2 Å². The van der Waals surface area contributed by atoms with E-state index >= 15 is 0 Å². The zero-order valence-corrected chi connectivity index (χ0v) is 15.7. The summed E-state index contributed by atoms with van der Waals surface area (Å²) in [6.45, 7) is 3.35. The lowest BCUT2D eigenvalue weighted by atomic mass is 9.74. The molecule has 2 aromatic carbocycles. The molecule has 4 rings (SSSR count). The Morgan fingerprint density at radius 3 is 2.56 bits per heavy atom. The monoisotopic (exact) mass is 377 g/mol. The van der Waals surface area contributed by atoms with Crippen LogP contribution in [0.4, 0.5) is 0 Å². The number of piperidine rings is 1. The Balaban J connectivity index is 1.51. The van der Waals surface area contributed by atoms with Crippen molar-refractivity contribution in [3.8, 4) is 11.5 Å². The second kappa shape index (κ2) is 6.71. The van der Waals surface area contributed by atoms with Gasteiger partial charge in [-0.25, -0.2) is 0 Å². The van der Waals surface area contributed by atoms with E-state index in [1.54, 1.807) is 0 Å². The Labute approximate surface area is 158 Å². The lowest BCUT2D eigenvalue weighted by molar-refractivity contribution is 0.155. The molecule has 25 heavy (non-hydrogen) atoms. The van der Waals surface area contributed by atoms with Gasteiger partial charge in [0, 0.05) is 32.7 Å². The molecule has 0 amide bonds. The van der Waals surface area contributed by atoms with Crippen molar-refractivity contribution in [1.82, 2.24) is 4.90 Å². The van der Waals surface area contributed by atoms with Crippen LogP contribution in [0.2, 0.25) is 10.0 Å². The molecule has 0 unspecified atom stereocenters. The van der Waals surface area contributed by atoms with Crippen LogP contribution in [0.5, 0.6) is 11.5 Å². The molecule has 1 fully saturated rings. The van der Waals surface area contributed by atoms with Crippen molar-refractivity contribution < 1.29 is 9.47 Å². The molecule has 2 heterocycles. The molecule has 0 radical (unpaired) electrons. The van der Waals surface area contributed by atoms with E-state index in [-0.39, 0.29) is 5.41 Å². The third kappa shape index (κ3) is 3.21. The fourth-order valence-electron chi connectivity index (χ4n) is 3.73. The Morgan fingerprint density at radius 1 is 1.12 bits per heavy atom. The second-order valence-electron chi connectivity index (χ2n) is 7.02. The van der Waals surface area contributed by atoms with Crippen LogP contribution in [0.25, 0.3) is 0 Å². The fraction of sp³-hybridized carbons (Fsp3) is 0.400. The molecule has 0 N–H and O–H groups in total. The van der Waals surface area contributed by atoms with Gasteiger partial charge < -0.3 is 14.4 Å². The summed E-state index contributed by atoms with van der Waals surface area (Å²) in [7, 11) is 2.18. The number of ether oxygens (including phenoxy) is 2. The molecule has 0 aliphatic carbocycles. The largest absolute Gasteiger partial charge is 0.492 e. The summed E-state index contributed by atoms with van der Waals surface area (Å²) in [6, 6.07) is 11.7. The molecule has 5 heteroatoms. The average molecular weight is 378 g/mol. The topological polar surface area (TPSA) is 21.7 Å². The van der Waals surface area contributed by atoms with Crippen LogP contribution in [0.15, 0.2) is 36.4 Å². The summed E-state index contributed by atoms with van der Waals surface area (Å²) in [5, 5.41) is 1.24. The van der Waals surface area contributed by atoms with Crippen LogP contribution in [-0.2, 0) is 12.0 Å². The summed E-state index contributed by atoms with van der Waals surface area (Å²) in [5.74, 6) is 1.73. The van der Waals surface area contributed by atoms with Crippen molar-refractivity contribution >= 4 is 23.2 Å². The van der Waals surface area contributed by atoms with Gasteiger partial charge in [-0.1, -0.05) is 35.3 Å². The summed E-state index contributed by atoms with van der Waals surface area (Å²) >= 11 is 12.4. The smallest absolute Gasteiger partial charge is 0.126 e. The Bertz CT molecular complexity index is 765. The van der Waals surface area contributed by atoms with Gasteiger partial charge in [0.25, 0.3) is 0 Å². The van der Waals surface area contributed by atoms with Crippen LogP contribution in [0.1, 0.15) is 24.0 Å². The van der Waals surface area contributed by atoms with Crippen molar-refractivity contribution in [1.29, 1.82) is 0 Å². The summed E-state index contributed by atoms with van der Waals surface area (Å²) in [5.41, 5.74) is 2.30. The van der Waals surface area contributed by atoms with E-state index in [1.165, 1.54) is 5.56 Å². The summed E-state index contributed by atoms with van der Waals surface area (Å²) in [4.78, 5) is 2.38. The number of benzene rings is 2. The number of nitrogens with zero attached hydrogens (tertiary/aromatic N) is 1. The Kier molecular flexibility index (Phi) is 4.57. The predicted molar refractivity (Wildman–Crippen MR) is 101 cm³/mol. The van der Waals surface area contributed by atoms with E-state index in [0.717, 1.165) is 49.6 Å². The molecule has 0 saturated carbocycles. The molecule has 132 valence electrons. The van der Waals surface area contributed by atoms with Crippen LogP contribution in [0, 0.1) is 0 Å². The maximum absolute atomic E-state index is 6.21. The van der Waals surface area contributed by atoms with Gasteiger partial charge in [0.05, 0.1) is 6.61 Å². The van der Waals surface area contributed by atoms with Crippen LogP contribution < -0.4 is 9.47 Å². The maximum Gasteiger partial charge on any atom is 0.126 e. The van der Waals surface area contributed by atoms with Crippen molar-refractivity contribution in [3.05, 3.63) is 57.6 Å². The second-order valence-corrected chi connectivity index (χ2v) is 7.83. The first-order valence-electron chi connectivity index (χ1n) is 8.59. The molecule has 0 atom stereocenters. The van der Waals surface area contributed by atoms with Gasteiger partial charge in [0.15, 0.2) is 0 Å². The first-order valence-corrected chi connectivity index (χ1v) is 9.35. The van der Waals surface area contributed by atoms with Gasteiger partial charge in [0.1, 0.15) is 18.1 Å². The Hall–Kier alpha value is -1.42. The molecule has 2 aliphatic rings. The molecule has 1 spiro atoms. The highest BCUT2D eigenvalue weighted by Crippen LogP contribution is 2.46. The average Bonchev–Trinajstić information content (AvgIpc) is 2.95. The minimum atomic E-state index is 0.173. The zero-order chi connectivity index (χ0) is 17.4. The first-order chi connectivity index (χ1) is 12.1. The highest BCUT2D eigenvalue weighted by molar-refractivity contribution is 6.35. The summed E-state index contributed by atoms with van der Waals surface area (Å²) in [6.07, 6.45) is 2.29. The molecule has 0 aromatic heterocycles. The number of rotatable bonds is 3. The zero-order valence-electron chi connectivity index (χ0n) is 14.2. The van der Waals surface area contributed by atoms with E-state index in [1.807, 2.05) is 30.3 Å². The fourth-order valence-corrected chi connectivity index (χ4v) is 4.24. The van der Waals surface area contributed by atoms with E-state index in [9.17, 15) is 0 Å². The third-order valence-corrected chi connectivity index (χ3v) is 6.13. The van der Waals surface area contributed by atoms with Crippen molar-refractivity contribution in [2.24, 2.45) is 0 Å². The highest BCUT2D eigenvalue weighted by Gasteiger charge is 2.42. The lowest BCUT2D eigenvalue weighted by Gasteiger charge is -2.36. The minimum absolute atomic E-state index is 0.173. The van der Waals surface area contributed by atoms with E-state index < -0.39 is 0 Å². The van der Waals surface area contributed by atoms with Crippen LogP contribution in [-0.4, -0.2) is 31.6 Å². The molecule has 3 nitrogen and oxygen atoms in total. The third-order valence-electron chi connectivity index (χ3n) is 5.42. The molecule has 2 aliphatic heterocycles. The molecular weight excluding hydrogens is 357 g/mol. The quantitative estimate of drug-likeness (QED) is 0.756. The summed E-state index contributed by atoms with van der Waals surface area (Å²) < 4.78 is 11.9. The predicted octanol–water partition coefficient (Wildman–Crippen LogP) is 4.93. The number of hydrogen-bond donors (Lipinski definition) is 0. The van der Waals surface area contributed by atoms with Crippen molar-refractivity contribution in [2.45, 2.75) is 24.9 Å². The van der Waals surface area contributed by atoms with Crippen molar-refractivity contribution in [2.75, 3.05) is 26.7 Å². The minimum Gasteiger partial charge on any atom is -0.492 e. The van der Waals surface area contributed by atoms with Crippen molar-refractivity contribution in [3.63, 3.8) is 0 Å². The first kappa shape index (κ1) is 17.0. The SMILES string of the molecule is CN1CCC2(CC1)COc1cc(OCc3c(Cl)cccc3Cl)ccc12. The molecule has 0 bridgehead atoms. The van der Waals surface area contributed by atoms with Crippen LogP contribution in [0.3, 0.4) is 0 Å². The standard InChI is InChI=1S/C20H21Cl2NO2/c1-23-9-7-20(8-10-23)13-25-19-11-14(5-6-16(19)20)24-12-15-17(21)3-2-4-18(15)22/h2-6,11H,7-10,12-13H2,1H3. The number of hydrogen-bond acceptors (Lipinski definition) is 3. The van der Waals surface area contributed by atoms with Gasteiger partial charge in [0.2, 0.25) is 0 Å². The van der Waals surface area contributed by atoms with Gasteiger partial charge in [-0.3, -0.25) is 0 Å². The van der Waals surface area contributed by atoms with E-state index in [4.69, 9.17) is 32.7 Å². The lowest BCUT2D eigenvalue weighted by Crippen LogP contribution is -2.41. The normalized spacial score (nSPS) is 18.8. The highest BCUT2D eigenvalue weighted by atomic mass is 35.5. The number of likely N-dealkylation sites (tertiary alicyclic amines) is 1. The van der Waals surface area contributed by atoms with Crippen LogP contribution >= 0.6 is 23.2 Å². The Morgan fingerprint density at radius 2 is 1.84 bits per heavy atom. The number of halogens is 2. The molecular formula is C20H21Cl2NO2.